The number of rotatable bonds is 10. The number of carboxylic acids is 1. The van der Waals surface area contributed by atoms with Crippen LogP contribution in [0.15, 0.2) is 77.7 Å². The van der Waals surface area contributed by atoms with Gasteiger partial charge in [-0.15, -0.1) is 17.9 Å². The van der Waals surface area contributed by atoms with Crippen LogP contribution in [-0.2, 0) is 31.0 Å². The second-order valence-electron chi connectivity index (χ2n) is 8.12. The van der Waals surface area contributed by atoms with E-state index < -0.39 is 56.2 Å². The van der Waals surface area contributed by atoms with E-state index in [1.807, 2.05) is 0 Å². The summed E-state index contributed by atoms with van der Waals surface area (Å²) in [6, 6.07) is 10.5. The van der Waals surface area contributed by atoms with Gasteiger partial charge in [-0.2, -0.15) is 0 Å². The summed E-state index contributed by atoms with van der Waals surface area (Å²) in [5.41, 5.74) is 1.20. The molecule has 3 aromatic rings. The smallest absolute Gasteiger partial charge is 0.411 e. The number of para-hydroxylation sites is 1. The lowest BCUT2D eigenvalue weighted by Gasteiger charge is -2.39. The first-order valence-corrected chi connectivity index (χ1v) is 13.6. The zero-order valence-corrected chi connectivity index (χ0v) is 21.8. The quantitative estimate of drug-likeness (QED) is 0.214. The normalized spacial score (nSPS) is 16.9. The summed E-state index contributed by atoms with van der Waals surface area (Å²) >= 11 is 0.963. The van der Waals surface area contributed by atoms with E-state index in [1.54, 1.807) is 30.3 Å². The molecule has 204 valence electrons. The second-order valence-corrected chi connectivity index (χ2v) is 10.8. The standard InChI is InChI=1S/C24H22N4O9S2/c1-2-12-37-28(39(34,35)19-11-7-6-10-17(19)27(32)33)18-13-26(21(23(29)30)20-22(18)38-15-25-20)24(31)36-14-16-8-4-3-5-9-16/h2-11,15,18,21H,1,12-14H2,(H,29,30). The molecular formula is C24H22N4O9S2. The summed E-state index contributed by atoms with van der Waals surface area (Å²) in [6.07, 6.45) is 0.242. The molecule has 1 N–H and O–H groups in total. The molecule has 15 heteroatoms. The Morgan fingerprint density at radius 2 is 1.92 bits per heavy atom. The number of fused-ring (bicyclic) bond motifs is 1. The third kappa shape index (κ3) is 5.65. The van der Waals surface area contributed by atoms with Crippen LogP contribution in [0.5, 0.6) is 0 Å². The molecule has 2 unspecified atom stereocenters. The van der Waals surface area contributed by atoms with Crippen LogP contribution in [0.25, 0.3) is 0 Å². The molecule has 0 saturated heterocycles. The Bertz CT molecular complexity index is 1490. The minimum atomic E-state index is -4.74. The number of nitro benzene ring substituents is 1. The molecule has 0 aliphatic carbocycles. The molecule has 13 nitrogen and oxygen atoms in total. The fraction of sp³-hybridized carbons (Fsp3) is 0.208. The summed E-state index contributed by atoms with van der Waals surface area (Å²) in [4.78, 5) is 46.2. The Morgan fingerprint density at radius 3 is 2.59 bits per heavy atom. The number of hydrogen-bond acceptors (Lipinski definition) is 10. The van der Waals surface area contributed by atoms with E-state index in [1.165, 1.54) is 23.7 Å². The lowest BCUT2D eigenvalue weighted by molar-refractivity contribution is -0.388. The van der Waals surface area contributed by atoms with Crippen molar-refractivity contribution in [3.63, 3.8) is 0 Å². The molecule has 39 heavy (non-hydrogen) atoms. The predicted octanol–water partition coefficient (Wildman–Crippen LogP) is 3.68. The maximum Gasteiger partial charge on any atom is 0.411 e. The Kier molecular flexibility index (Phi) is 8.35. The van der Waals surface area contributed by atoms with Crippen LogP contribution in [0.3, 0.4) is 0 Å². The van der Waals surface area contributed by atoms with Gasteiger partial charge < -0.3 is 9.84 Å². The van der Waals surface area contributed by atoms with Crippen molar-refractivity contribution in [3.05, 3.63) is 99.0 Å². The van der Waals surface area contributed by atoms with Crippen molar-refractivity contribution in [3.8, 4) is 0 Å². The number of aromatic nitrogens is 1. The van der Waals surface area contributed by atoms with Gasteiger partial charge in [0.1, 0.15) is 12.6 Å². The van der Waals surface area contributed by atoms with Crippen LogP contribution in [0.1, 0.15) is 28.2 Å². The van der Waals surface area contributed by atoms with Crippen LogP contribution < -0.4 is 0 Å². The summed E-state index contributed by atoms with van der Waals surface area (Å²) < 4.78 is 33.5. The zero-order chi connectivity index (χ0) is 28.2. The van der Waals surface area contributed by atoms with Crippen molar-refractivity contribution in [2.45, 2.75) is 23.6 Å². The topological polar surface area (TPSA) is 169 Å². The minimum absolute atomic E-state index is 0.0784. The molecule has 0 saturated carbocycles. The van der Waals surface area contributed by atoms with Gasteiger partial charge in [0.25, 0.3) is 15.7 Å². The van der Waals surface area contributed by atoms with E-state index >= 15 is 0 Å². The van der Waals surface area contributed by atoms with Crippen molar-refractivity contribution in [1.29, 1.82) is 0 Å². The molecule has 1 aliphatic rings. The summed E-state index contributed by atoms with van der Waals surface area (Å²) in [7, 11) is -4.74. The summed E-state index contributed by atoms with van der Waals surface area (Å²) in [5, 5.41) is 21.6. The number of ether oxygens (including phenoxy) is 1. The number of nitrogens with zero attached hydrogens (tertiary/aromatic N) is 4. The predicted molar refractivity (Wildman–Crippen MR) is 137 cm³/mol. The van der Waals surface area contributed by atoms with E-state index in [-0.39, 0.29) is 23.8 Å². The highest BCUT2D eigenvalue weighted by atomic mass is 32.2. The first-order chi connectivity index (χ1) is 18.7. The third-order valence-corrected chi connectivity index (χ3v) is 8.37. The van der Waals surface area contributed by atoms with Gasteiger partial charge in [0, 0.05) is 12.6 Å². The molecule has 0 spiro atoms. The Balaban J connectivity index is 1.77. The Morgan fingerprint density at radius 1 is 1.23 bits per heavy atom. The van der Waals surface area contributed by atoms with Gasteiger partial charge in [0.15, 0.2) is 10.9 Å². The molecule has 2 heterocycles. The number of hydrogen-bond donors (Lipinski definition) is 1. The molecule has 0 radical (unpaired) electrons. The van der Waals surface area contributed by atoms with Gasteiger partial charge in [-0.05, 0) is 11.6 Å². The summed E-state index contributed by atoms with van der Waals surface area (Å²) in [6.45, 7) is 2.54. The molecule has 2 aromatic carbocycles. The third-order valence-electron chi connectivity index (χ3n) is 5.69. The van der Waals surface area contributed by atoms with Crippen LogP contribution in [0.4, 0.5) is 10.5 Å². The SMILES string of the molecule is C=CCON(C1CN(C(=O)OCc2ccccc2)C(C(=O)O)c2ncsc21)S(=O)(=O)c1ccccc1[N+](=O)[O-]. The van der Waals surface area contributed by atoms with E-state index in [0.29, 0.717) is 10.0 Å². The minimum Gasteiger partial charge on any atom is -0.479 e. The fourth-order valence-electron chi connectivity index (χ4n) is 4.01. The van der Waals surface area contributed by atoms with E-state index in [9.17, 15) is 33.2 Å². The van der Waals surface area contributed by atoms with Crippen LogP contribution >= 0.6 is 11.3 Å². The van der Waals surface area contributed by atoms with Crippen molar-refractivity contribution in [1.82, 2.24) is 14.4 Å². The molecule has 4 rings (SSSR count). The van der Waals surface area contributed by atoms with Gasteiger partial charge in [-0.25, -0.2) is 23.0 Å². The molecule has 1 aliphatic heterocycles. The average molecular weight is 575 g/mol. The number of sulfonamides is 1. The number of hydroxylamine groups is 1. The first-order valence-electron chi connectivity index (χ1n) is 11.3. The van der Waals surface area contributed by atoms with Gasteiger partial charge >= 0.3 is 12.1 Å². The molecular weight excluding hydrogens is 552 g/mol. The van der Waals surface area contributed by atoms with Crippen LogP contribution in [-0.4, -0.2) is 58.0 Å². The van der Waals surface area contributed by atoms with Crippen LogP contribution in [0.2, 0.25) is 0 Å². The fourth-order valence-corrected chi connectivity index (χ4v) is 6.53. The number of carbonyl (C=O) groups is 2. The Hall–Kier alpha value is -4.18. The van der Waals surface area contributed by atoms with Crippen molar-refractivity contribution in [2.75, 3.05) is 13.2 Å². The van der Waals surface area contributed by atoms with Crippen molar-refractivity contribution < 1.29 is 37.6 Å². The molecule has 2 atom stereocenters. The zero-order valence-electron chi connectivity index (χ0n) is 20.2. The molecule has 0 fully saturated rings. The molecule has 1 aromatic heterocycles. The average Bonchev–Trinajstić information content (AvgIpc) is 3.41. The van der Waals surface area contributed by atoms with Crippen molar-refractivity contribution >= 4 is 39.1 Å². The molecule has 0 bridgehead atoms. The number of benzene rings is 2. The van der Waals surface area contributed by atoms with Crippen LogP contribution in [0, 0.1) is 10.1 Å². The first kappa shape index (κ1) is 27.8. The highest BCUT2D eigenvalue weighted by Crippen LogP contribution is 2.43. The lowest BCUT2D eigenvalue weighted by Crippen LogP contribution is -2.50. The lowest BCUT2D eigenvalue weighted by atomic mass is 10.0. The number of nitro groups is 1. The largest absolute Gasteiger partial charge is 0.479 e. The summed E-state index contributed by atoms with van der Waals surface area (Å²) in [5.74, 6) is -1.41. The highest BCUT2D eigenvalue weighted by molar-refractivity contribution is 7.89. The second kappa shape index (κ2) is 11.7. The number of carboxylic acid groups (broad SMARTS) is 1. The van der Waals surface area contributed by atoms with Gasteiger partial charge in [-0.3, -0.25) is 19.9 Å². The monoisotopic (exact) mass is 574 g/mol. The number of aliphatic carboxylic acids is 1. The maximum absolute atomic E-state index is 13.8. The Labute approximate surface area is 226 Å². The highest BCUT2D eigenvalue weighted by Gasteiger charge is 2.49. The van der Waals surface area contributed by atoms with E-state index in [4.69, 9.17) is 9.57 Å². The van der Waals surface area contributed by atoms with Gasteiger partial charge in [0.05, 0.1) is 27.6 Å². The number of thiazole rings is 1. The maximum atomic E-state index is 13.8. The van der Waals surface area contributed by atoms with E-state index in [2.05, 4.69) is 11.6 Å². The molecule has 1 amide bonds. The van der Waals surface area contributed by atoms with E-state index in [0.717, 1.165) is 28.4 Å². The van der Waals surface area contributed by atoms with Crippen molar-refractivity contribution in [2.24, 2.45) is 0 Å². The number of carbonyl (C=O) groups excluding carboxylic acids is 1. The number of amides is 1. The van der Waals surface area contributed by atoms with Gasteiger partial charge in [-0.1, -0.05) is 53.0 Å². The van der Waals surface area contributed by atoms with Gasteiger partial charge in [0.2, 0.25) is 0 Å².